The number of halogens is 1. The number of nitrogens with one attached hydrogen (secondary N) is 1. The van der Waals surface area contributed by atoms with E-state index in [-0.39, 0.29) is 17.9 Å². The van der Waals surface area contributed by atoms with Crippen LogP contribution < -0.4 is 10.1 Å². The van der Waals surface area contributed by atoms with Crippen molar-refractivity contribution in [3.05, 3.63) is 40.1 Å². The molecule has 0 bridgehead atoms. The van der Waals surface area contributed by atoms with Gasteiger partial charge in [0.1, 0.15) is 5.75 Å². The molecule has 0 amide bonds. The van der Waals surface area contributed by atoms with Gasteiger partial charge >= 0.3 is 0 Å². The van der Waals surface area contributed by atoms with Gasteiger partial charge < -0.3 is 15.0 Å². The lowest BCUT2D eigenvalue weighted by molar-refractivity contribution is -0.116. The molecule has 140 valence electrons. The topological polar surface area (TPSA) is 41.6 Å². The lowest BCUT2D eigenvalue weighted by atomic mass is 9.84. The molecule has 1 unspecified atom stereocenters. The summed E-state index contributed by atoms with van der Waals surface area (Å²) in [6.07, 6.45) is 3.32. The average Bonchev–Trinajstić information content (AvgIpc) is 2.58. The SMILES string of the molecule is CCCN1C(=S)NC(c2cc(Cl)ccc2OC(C)C)C2=C1CCCC2=O. The number of thiocarbonyl (C=S) groups is 1. The van der Waals surface area contributed by atoms with Crippen molar-refractivity contribution in [1.29, 1.82) is 0 Å². The smallest absolute Gasteiger partial charge is 0.173 e. The number of ether oxygens (including phenoxy) is 1. The van der Waals surface area contributed by atoms with E-state index in [0.29, 0.717) is 16.6 Å². The third-order valence-corrected chi connectivity index (χ3v) is 5.22. The number of ketones is 1. The van der Waals surface area contributed by atoms with Gasteiger partial charge in [-0.2, -0.15) is 0 Å². The summed E-state index contributed by atoms with van der Waals surface area (Å²) in [5.41, 5.74) is 2.74. The Labute approximate surface area is 165 Å². The van der Waals surface area contributed by atoms with Gasteiger partial charge in [-0.3, -0.25) is 4.79 Å². The summed E-state index contributed by atoms with van der Waals surface area (Å²) in [6, 6.07) is 5.24. The first-order valence-electron chi connectivity index (χ1n) is 9.22. The molecule has 1 aromatic carbocycles. The van der Waals surface area contributed by atoms with Crippen LogP contribution in [0.1, 0.15) is 58.1 Å². The molecule has 4 nitrogen and oxygen atoms in total. The highest BCUT2D eigenvalue weighted by atomic mass is 35.5. The first-order chi connectivity index (χ1) is 12.4. The molecule has 0 fully saturated rings. The van der Waals surface area contributed by atoms with Crippen molar-refractivity contribution < 1.29 is 9.53 Å². The van der Waals surface area contributed by atoms with Gasteiger partial charge in [-0.05, 0) is 63.5 Å². The third kappa shape index (κ3) is 3.74. The third-order valence-electron chi connectivity index (χ3n) is 4.65. The van der Waals surface area contributed by atoms with E-state index >= 15 is 0 Å². The predicted octanol–water partition coefficient (Wildman–Crippen LogP) is 4.78. The summed E-state index contributed by atoms with van der Waals surface area (Å²) >= 11 is 11.9. The van der Waals surface area contributed by atoms with Crippen molar-refractivity contribution in [3.8, 4) is 5.75 Å². The second-order valence-electron chi connectivity index (χ2n) is 7.02. The molecule has 26 heavy (non-hydrogen) atoms. The van der Waals surface area contributed by atoms with Crippen LogP contribution in [0, 0.1) is 0 Å². The van der Waals surface area contributed by atoms with Crippen LogP contribution in [0.5, 0.6) is 5.75 Å². The maximum Gasteiger partial charge on any atom is 0.173 e. The maximum atomic E-state index is 12.8. The number of carbonyl (C=O) groups excluding carboxylic acids is 1. The van der Waals surface area contributed by atoms with Gasteiger partial charge in [0.15, 0.2) is 10.9 Å². The summed E-state index contributed by atoms with van der Waals surface area (Å²) in [5, 5.41) is 4.66. The minimum Gasteiger partial charge on any atom is -0.491 e. The summed E-state index contributed by atoms with van der Waals surface area (Å²) in [5.74, 6) is 0.918. The number of rotatable bonds is 5. The Hall–Kier alpha value is -1.59. The summed E-state index contributed by atoms with van der Waals surface area (Å²) in [7, 11) is 0. The fourth-order valence-corrected chi connectivity index (χ4v) is 4.15. The normalized spacial score (nSPS) is 20.3. The first kappa shape index (κ1) is 19.2. The van der Waals surface area contributed by atoms with E-state index in [1.807, 2.05) is 32.0 Å². The number of Topliss-reactive ketones (excluding diaryl/α,β-unsaturated/α-hetero) is 1. The zero-order chi connectivity index (χ0) is 18.8. The summed E-state index contributed by atoms with van der Waals surface area (Å²) < 4.78 is 5.99. The average molecular weight is 393 g/mol. The molecular weight excluding hydrogens is 368 g/mol. The second-order valence-corrected chi connectivity index (χ2v) is 7.84. The highest BCUT2D eigenvalue weighted by Gasteiger charge is 2.38. The van der Waals surface area contributed by atoms with Crippen molar-refractivity contribution in [2.45, 2.75) is 58.6 Å². The van der Waals surface area contributed by atoms with E-state index in [9.17, 15) is 4.79 Å². The zero-order valence-corrected chi connectivity index (χ0v) is 17.0. The molecule has 1 aromatic rings. The van der Waals surface area contributed by atoms with Crippen molar-refractivity contribution in [2.24, 2.45) is 0 Å². The van der Waals surface area contributed by atoms with Crippen LogP contribution in [0.25, 0.3) is 0 Å². The molecule has 0 aromatic heterocycles. The Bertz CT molecular complexity index is 760. The Morgan fingerprint density at radius 1 is 1.38 bits per heavy atom. The maximum absolute atomic E-state index is 12.8. The second kappa shape index (κ2) is 7.97. The Balaban J connectivity index is 2.13. The Kier molecular flexibility index (Phi) is 5.88. The molecular formula is C20H25ClN2O2S. The molecule has 6 heteroatoms. The molecule has 0 spiro atoms. The highest BCUT2D eigenvalue weighted by molar-refractivity contribution is 7.80. The van der Waals surface area contributed by atoms with Crippen LogP contribution in [-0.4, -0.2) is 28.4 Å². The molecule has 0 radical (unpaired) electrons. The number of hydrogen-bond donors (Lipinski definition) is 1. The van der Waals surface area contributed by atoms with Gasteiger partial charge in [-0.25, -0.2) is 0 Å². The molecule has 2 aliphatic rings. The van der Waals surface area contributed by atoms with Gasteiger partial charge in [0, 0.05) is 34.8 Å². The minimum absolute atomic E-state index is 0.0255. The van der Waals surface area contributed by atoms with E-state index in [1.54, 1.807) is 0 Å². The molecule has 1 aliphatic carbocycles. The lowest BCUT2D eigenvalue weighted by Crippen LogP contribution is -2.49. The van der Waals surface area contributed by atoms with Gasteiger partial charge in [-0.1, -0.05) is 18.5 Å². The van der Waals surface area contributed by atoms with Crippen LogP contribution in [0.3, 0.4) is 0 Å². The minimum atomic E-state index is -0.314. The van der Waals surface area contributed by atoms with Crippen molar-refractivity contribution in [2.75, 3.05) is 6.54 Å². The van der Waals surface area contributed by atoms with Gasteiger partial charge in [0.25, 0.3) is 0 Å². The van der Waals surface area contributed by atoms with E-state index in [0.717, 1.165) is 48.4 Å². The van der Waals surface area contributed by atoms with E-state index in [4.69, 9.17) is 28.6 Å². The van der Waals surface area contributed by atoms with Crippen LogP contribution in [-0.2, 0) is 4.79 Å². The van der Waals surface area contributed by atoms with Gasteiger partial charge in [-0.15, -0.1) is 0 Å². The molecule has 1 N–H and O–H groups in total. The lowest BCUT2D eigenvalue weighted by Gasteiger charge is -2.41. The standard InChI is InChI=1S/C20H25ClN2O2S/c1-4-10-23-15-6-5-7-16(24)18(15)19(22-20(23)26)14-11-13(21)8-9-17(14)25-12(2)3/h8-9,11-12,19H,4-7,10H2,1-3H3,(H,22,26). The number of nitrogens with zero attached hydrogens (tertiary/aromatic N) is 1. The fourth-order valence-electron chi connectivity index (χ4n) is 3.65. The van der Waals surface area contributed by atoms with Crippen molar-refractivity contribution in [1.82, 2.24) is 10.2 Å². The van der Waals surface area contributed by atoms with Crippen molar-refractivity contribution in [3.63, 3.8) is 0 Å². The number of allylic oxidation sites excluding steroid dienone is 1. The van der Waals surface area contributed by atoms with E-state index in [2.05, 4.69) is 17.1 Å². The van der Waals surface area contributed by atoms with Crippen LogP contribution in [0.2, 0.25) is 5.02 Å². The number of carbonyl (C=O) groups is 1. The van der Waals surface area contributed by atoms with Crippen molar-refractivity contribution >= 4 is 34.7 Å². The molecule has 1 atom stereocenters. The van der Waals surface area contributed by atoms with Crippen LogP contribution in [0.4, 0.5) is 0 Å². The van der Waals surface area contributed by atoms with E-state index in [1.165, 1.54) is 0 Å². The quantitative estimate of drug-likeness (QED) is 0.730. The van der Waals surface area contributed by atoms with E-state index < -0.39 is 0 Å². The molecule has 0 saturated heterocycles. The monoisotopic (exact) mass is 392 g/mol. The molecule has 3 rings (SSSR count). The van der Waals surface area contributed by atoms with Crippen LogP contribution in [0.15, 0.2) is 29.5 Å². The van der Waals surface area contributed by atoms with Gasteiger partial charge in [0.05, 0.1) is 12.1 Å². The predicted molar refractivity (Wildman–Crippen MR) is 109 cm³/mol. The highest BCUT2D eigenvalue weighted by Crippen LogP contribution is 2.41. The van der Waals surface area contributed by atoms with Gasteiger partial charge in [0.2, 0.25) is 0 Å². The molecule has 1 aliphatic heterocycles. The Morgan fingerprint density at radius 3 is 2.85 bits per heavy atom. The molecule has 0 saturated carbocycles. The summed E-state index contributed by atoms with van der Waals surface area (Å²) in [6.45, 7) is 6.90. The summed E-state index contributed by atoms with van der Waals surface area (Å²) in [4.78, 5) is 14.9. The fraction of sp³-hybridized carbons (Fsp3) is 0.500. The number of hydrogen-bond acceptors (Lipinski definition) is 3. The zero-order valence-electron chi connectivity index (χ0n) is 15.5. The van der Waals surface area contributed by atoms with Crippen LogP contribution >= 0.6 is 23.8 Å². The molecule has 1 heterocycles. The number of benzene rings is 1. The first-order valence-corrected chi connectivity index (χ1v) is 10.0. The Morgan fingerprint density at radius 2 is 2.15 bits per heavy atom. The largest absolute Gasteiger partial charge is 0.491 e.